The van der Waals surface area contributed by atoms with Crippen molar-refractivity contribution in [1.29, 1.82) is 0 Å². The molecule has 3 nitrogen and oxygen atoms in total. The SMILES string of the molecule is C#CCNCCCNC(=O)c1ccccc1C. The third-order valence-electron chi connectivity index (χ3n) is 2.43. The Hall–Kier alpha value is -1.79. The Balaban J connectivity index is 2.27. The molecule has 3 heteroatoms. The molecular formula is C14H18N2O. The van der Waals surface area contributed by atoms with E-state index in [1.807, 2.05) is 31.2 Å². The first-order chi connectivity index (χ1) is 8.25. The summed E-state index contributed by atoms with van der Waals surface area (Å²) in [5, 5.41) is 5.96. The van der Waals surface area contributed by atoms with Crippen LogP contribution in [0.3, 0.4) is 0 Å². The average Bonchev–Trinajstić information content (AvgIpc) is 2.34. The number of benzene rings is 1. The van der Waals surface area contributed by atoms with Crippen LogP contribution in [-0.2, 0) is 0 Å². The van der Waals surface area contributed by atoms with Crippen LogP contribution in [0.1, 0.15) is 22.3 Å². The Morgan fingerprint density at radius 1 is 1.35 bits per heavy atom. The fourth-order valence-electron chi connectivity index (χ4n) is 1.50. The van der Waals surface area contributed by atoms with E-state index in [1.165, 1.54) is 0 Å². The Labute approximate surface area is 103 Å². The number of aryl methyl sites for hydroxylation is 1. The van der Waals surface area contributed by atoms with Crippen molar-refractivity contribution in [2.75, 3.05) is 19.6 Å². The van der Waals surface area contributed by atoms with Gasteiger partial charge in [0.05, 0.1) is 6.54 Å². The van der Waals surface area contributed by atoms with Crippen LogP contribution in [0.15, 0.2) is 24.3 Å². The highest BCUT2D eigenvalue weighted by Gasteiger charge is 2.06. The van der Waals surface area contributed by atoms with Crippen LogP contribution in [0.5, 0.6) is 0 Å². The molecule has 0 radical (unpaired) electrons. The van der Waals surface area contributed by atoms with Crippen LogP contribution < -0.4 is 10.6 Å². The summed E-state index contributed by atoms with van der Waals surface area (Å²) >= 11 is 0. The number of nitrogens with one attached hydrogen (secondary N) is 2. The van der Waals surface area contributed by atoms with Crippen molar-refractivity contribution < 1.29 is 4.79 Å². The lowest BCUT2D eigenvalue weighted by atomic mass is 10.1. The molecule has 0 fully saturated rings. The van der Waals surface area contributed by atoms with E-state index in [-0.39, 0.29) is 5.91 Å². The van der Waals surface area contributed by atoms with Gasteiger partial charge in [0.1, 0.15) is 0 Å². The van der Waals surface area contributed by atoms with E-state index in [0.717, 1.165) is 24.1 Å². The first-order valence-corrected chi connectivity index (χ1v) is 5.73. The van der Waals surface area contributed by atoms with Gasteiger partial charge in [-0.3, -0.25) is 4.79 Å². The fourth-order valence-corrected chi connectivity index (χ4v) is 1.50. The van der Waals surface area contributed by atoms with Crippen LogP contribution in [0.2, 0.25) is 0 Å². The number of hydrogen-bond acceptors (Lipinski definition) is 2. The number of carbonyl (C=O) groups is 1. The quantitative estimate of drug-likeness (QED) is 0.572. The summed E-state index contributed by atoms with van der Waals surface area (Å²) in [6.45, 7) is 3.98. The molecular weight excluding hydrogens is 212 g/mol. The molecule has 1 amide bonds. The van der Waals surface area contributed by atoms with Crippen LogP contribution in [0.4, 0.5) is 0 Å². The number of amides is 1. The summed E-state index contributed by atoms with van der Waals surface area (Å²) in [5.74, 6) is 2.49. The van der Waals surface area contributed by atoms with Gasteiger partial charge in [0, 0.05) is 12.1 Å². The highest BCUT2D eigenvalue weighted by molar-refractivity contribution is 5.95. The summed E-state index contributed by atoms with van der Waals surface area (Å²) in [4.78, 5) is 11.8. The molecule has 90 valence electrons. The first kappa shape index (κ1) is 13.3. The third kappa shape index (κ3) is 4.71. The standard InChI is InChI=1S/C14H18N2O/c1-3-9-15-10-6-11-16-14(17)13-8-5-4-7-12(13)2/h1,4-5,7-8,15H,6,9-11H2,2H3,(H,16,17). The monoisotopic (exact) mass is 230 g/mol. The average molecular weight is 230 g/mol. The summed E-state index contributed by atoms with van der Waals surface area (Å²) in [6.07, 6.45) is 5.98. The van der Waals surface area contributed by atoms with Crippen LogP contribution in [0, 0.1) is 19.3 Å². The van der Waals surface area contributed by atoms with Gasteiger partial charge in [0.15, 0.2) is 0 Å². The van der Waals surface area contributed by atoms with Crippen LogP contribution >= 0.6 is 0 Å². The number of terminal acetylenes is 1. The molecule has 2 N–H and O–H groups in total. The van der Waals surface area contributed by atoms with Gasteiger partial charge in [-0.25, -0.2) is 0 Å². The summed E-state index contributed by atoms with van der Waals surface area (Å²) in [7, 11) is 0. The van der Waals surface area contributed by atoms with E-state index < -0.39 is 0 Å². The van der Waals surface area contributed by atoms with Gasteiger partial charge in [-0.1, -0.05) is 24.1 Å². The number of hydrogen-bond donors (Lipinski definition) is 2. The second-order valence-electron chi connectivity index (χ2n) is 3.81. The maximum absolute atomic E-state index is 11.8. The van der Waals surface area contributed by atoms with E-state index in [2.05, 4.69) is 16.6 Å². The second kappa shape index (κ2) is 7.48. The Bertz CT molecular complexity index is 407. The van der Waals surface area contributed by atoms with Gasteiger partial charge in [0.25, 0.3) is 5.91 Å². The lowest BCUT2D eigenvalue weighted by Gasteiger charge is -2.07. The molecule has 1 rings (SSSR count). The summed E-state index contributed by atoms with van der Waals surface area (Å²) in [5.41, 5.74) is 1.74. The van der Waals surface area contributed by atoms with Gasteiger partial charge in [-0.05, 0) is 31.5 Å². The minimum Gasteiger partial charge on any atom is -0.352 e. The molecule has 0 bridgehead atoms. The van der Waals surface area contributed by atoms with Crippen molar-refractivity contribution in [3.63, 3.8) is 0 Å². The Kier molecular flexibility index (Phi) is 5.84. The van der Waals surface area contributed by atoms with E-state index in [4.69, 9.17) is 6.42 Å². The molecule has 0 aliphatic carbocycles. The normalized spacial score (nSPS) is 9.65. The largest absolute Gasteiger partial charge is 0.352 e. The van der Waals surface area contributed by atoms with Crippen molar-refractivity contribution in [2.45, 2.75) is 13.3 Å². The highest BCUT2D eigenvalue weighted by atomic mass is 16.1. The fraction of sp³-hybridized carbons (Fsp3) is 0.357. The maximum Gasteiger partial charge on any atom is 0.251 e. The molecule has 1 aromatic carbocycles. The molecule has 0 aliphatic heterocycles. The maximum atomic E-state index is 11.8. The van der Waals surface area contributed by atoms with Gasteiger partial charge in [-0.15, -0.1) is 6.42 Å². The highest BCUT2D eigenvalue weighted by Crippen LogP contribution is 2.06. The lowest BCUT2D eigenvalue weighted by Crippen LogP contribution is -2.27. The predicted molar refractivity (Wildman–Crippen MR) is 69.8 cm³/mol. The van der Waals surface area contributed by atoms with Gasteiger partial charge < -0.3 is 10.6 Å². The second-order valence-corrected chi connectivity index (χ2v) is 3.81. The minimum absolute atomic E-state index is 0.0138. The predicted octanol–water partition coefficient (Wildman–Crippen LogP) is 1.34. The minimum atomic E-state index is -0.0138. The van der Waals surface area contributed by atoms with Crippen molar-refractivity contribution in [1.82, 2.24) is 10.6 Å². The van der Waals surface area contributed by atoms with Crippen molar-refractivity contribution in [3.8, 4) is 12.3 Å². The van der Waals surface area contributed by atoms with E-state index in [0.29, 0.717) is 13.1 Å². The molecule has 0 saturated carbocycles. The summed E-state index contributed by atoms with van der Waals surface area (Å²) in [6, 6.07) is 7.57. The number of carbonyl (C=O) groups excluding carboxylic acids is 1. The molecule has 0 unspecified atom stereocenters. The van der Waals surface area contributed by atoms with Crippen LogP contribution in [0.25, 0.3) is 0 Å². The van der Waals surface area contributed by atoms with Crippen molar-refractivity contribution in [3.05, 3.63) is 35.4 Å². The molecule has 1 aromatic rings. The van der Waals surface area contributed by atoms with Crippen LogP contribution in [-0.4, -0.2) is 25.5 Å². The molecule has 0 aromatic heterocycles. The van der Waals surface area contributed by atoms with E-state index >= 15 is 0 Å². The summed E-state index contributed by atoms with van der Waals surface area (Å²) < 4.78 is 0. The van der Waals surface area contributed by atoms with Crippen molar-refractivity contribution in [2.24, 2.45) is 0 Å². The molecule has 17 heavy (non-hydrogen) atoms. The van der Waals surface area contributed by atoms with E-state index in [1.54, 1.807) is 0 Å². The zero-order valence-corrected chi connectivity index (χ0v) is 10.1. The van der Waals surface area contributed by atoms with Gasteiger partial charge >= 0.3 is 0 Å². The third-order valence-corrected chi connectivity index (χ3v) is 2.43. The number of rotatable bonds is 6. The molecule has 0 saturated heterocycles. The Morgan fingerprint density at radius 2 is 2.12 bits per heavy atom. The molecule has 0 heterocycles. The molecule has 0 aliphatic rings. The van der Waals surface area contributed by atoms with Gasteiger partial charge in [-0.2, -0.15) is 0 Å². The first-order valence-electron chi connectivity index (χ1n) is 5.73. The van der Waals surface area contributed by atoms with Crippen molar-refractivity contribution >= 4 is 5.91 Å². The Morgan fingerprint density at radius 3 is 2.82 bits per heavy atom. The van der Waals surface area contributed by atoms with E-state index in [9.17, 15) is 4.79 Å². The van der Waals surface area contributed by atoms with Gasteiger partial charge in [0.2, 0.25) is 0 Å². The lowest BCUT2D eigenvalue weighted by molar-refractivity contribution is 0.0952. The molecule has 0 spiro atoms. The zero-order valence-electron chi connectivity index (χ0n) is 10.1. The smallest absolute Gasteiger partial charge is 0.251 e. The zero-order chi connectivity index (χ0) is 12.5. The molecule has 0 atom stereocenters. The topological polar surface area (TPSA) is 41.1 Å².